The van der Waals surface area contributed by atoms with Gasteiger partial charge in [-0.25, -0.2) is 19.9 Å². The number of benzene rings is 6. The number of thiazole rings is 2. The molecule has 0 aliphatic rings. The number of para-hydroxylation sites is 3. The summed E-state index contributed by atoms with van der Waals surface area (Å²) in [5.74, 6) is 0.668. The van der Waals surface area contributed by atoms with E-state index in [2.05, 4.69) is 132 Å². The third-order valence-electron chi connectivity index (χ3n) is 9.24. The van der Waals surface area contributed by atoms with Crippen molar-refractivity contribution in [2.45, 2.75) is 0 Å². The lowest BCUT2D eigenvalue weighted by Gasteiger charge is -2.11. The van der Waals surface area contributed by atoms with Gasteiger partial charge in [0.25, 0.3) is 0 Å². The number of hydrogen-bond donors (Lipinski definition) is 0. The van der Waals surface area contributed by atoms with Gasteiger partial charge in [0.2, 0.25) is 0 Å². The molecule has 4 aromatic heterocycles. The van der Waals surface area contributed by atoms with Crippen molar-refractivity contribution in [3.63, 3.8) is 0 Å². The summed E-state index contributed by atoms with van der Waals surface area (Å²) >= 11 is 3.41. The van der Waals surface area contributed by atoms with Crippen LogP contribution in [0.5, 0.6) is 0 Å². The molecule has 52 heavy (non-hydrogen) atoms. The Morgan fingerprint density at radius 1 is 0.346 bits per heavy atom. The first-order chi connectivity index (χ1) is 25.7. The zero-order valence-corrected chi connectivity index (χ0v) is 29.3. The van der Waals surface area contributed by atoms with Crippen LogP contribution in [-0.2, 0) is 0 Å². The molecule has 0 amide bonds. The van der Waals surface area contributed by atoms with Gasteiger partial charge in [0.15, 0.2) is 5.82 Å². The summed E-state index contributed by atoms with van der Waals surface area (Å²) < 4.78 is 2.36. The smallest absolute Gasteiger partial charge is 0.160 e. The van der Waals surface area contributed by atoms with Crippen LogP contribution in [0.15, 0.2) is 164 Å². The molecule has 0 saturated carbocycles. The van der Waals surface area contributed by atoms with E-state index in [9.17, 15) is 0 Å². The maximum atomic E-state index is 5.12. The lowest BCUT2D eigenvalue weighted by atomic mass is 10.0. The van der Waals surface area contributed by atoms with Crippen LogP contribution in [-0.4, -0.2) is 24.9 Å². The molecule has 0 aliphatic heterocycles. The van der Waals surface area contributed by atoms with E-state index in [0.717, 1.165) is 82.3 Å². The van der Waals surface area contributed by atoms with Crippen molar-refractivity contribution in [2.24, 2.45) is 0 Å². The number of fused-ring (bicyclic) bond motifs is 3. The van der Waals surface area contributed by atoms with E-state index in [1.54, 1.807) is 22.7 Å². The Kier molecular flexibility index (Phi) is 7.44. The maximum Gasteiger partial charge on any atom is 0.160 e. The monoisotopic (exact) mass is 701 g/mol. The minimum Gasteiger partial charge on any atom is -0.256 e. The molecule has 10 rings (SSSR count). The third-order valence-corrected chi connectivity index (χ3v) is 11.4. The number of rotatable bonds is 6. The van der Waals surface area contributed by atoms with Crippen molar-refractivity contribution in [3.05, 3.63) is 164 Å². The van der Waals surface area contributed by atoms with Crippen molar-refractivity contribution >= 4 is 54.0 Å². The molecule has 0 fully saturated rings. The molecule has 0 atom stereocenters. The van der Waals surface area contributed by atoms with Crippen molar-refractivity contribution in [1.29, 1.82) is 0 Å². The van der Waals surface area contributed by atoms with Crippen LogP contribution in [0.3, 0.4) is 0 Å². The van der Waals surface area contributed by atoms with E-state index < -0.39 is 0 Å². The molecule has 0 saturated heterocycles. The SMILES string of the molecule is c1ccc2ncc(-c3ccc(-c4cc(-c5ccc(-c6nc7ccccc7s6)cc5)nc(-c5ccc(-c6nc7ccccc7s6)cc5)n4)cc3)cc2c1. The van der Waals surface area contributed by atoms with Crippen molar-refractivity contribution in [3.8, 4) is 66.2 Å². The van der Waals surface area contributed by atoms with Crippen LogP contribution in [0.25, 0.3) is 97.5 Å². The zero-order valence-electron chi connectivity index (χ0n) is 27.6. The first-order valence-corrected chi connectivity index (χ1v) is 18.6. The van der Waals surface area contributed by atoms with Crippen LogP contribution in [0.4, 0.5) is 0 Å². The molecular formula is C45H27N5S2. The third kappa shape index (κ3) is 5.72. The standard InChI is InChI=1S/C45H27N5S2/c1-2-8-36-34(7-1)25-35(27-46-36)28-13-15-29(16-14-28)39-26-40(30-17-21-32(22-18-30)44-49-37-9-3-5-11-41(37)51-44)48-43(47-39)31-19-23-33(24-20-31)45-50-38-10-4-6-12-42(38)52-45/h1-27H. The van der Waals surface area contributed by atoms with Crippen LogP contribution in [0, 0.1) is 0 Å². The summed E-state index contributed by atoms with van der Waals surface area (Å²) in [6.07, 6.45) is 1.94. The van der Waals surface area contributed by atoms with Crippen LogP contribution in [0.2, 0.25) is 0 Å². The molecule has 7 heteroatoms. The second kappa shape index (κ2) is 12.7. The van der Waals surface area contributed by atoms with Gasteiger partial charge in [-0.15, -0.1) is 22.7 Å². The largest absolute Gasteiger partial charge is 0.256 e. The topological polar surface area (TPSA) is 64.5 Å². The van der Waals surface area contributed by atoms with Gasteiger partial charge < -0.3 is 0 Å². The average Bonchev–Trinajstić information content (AvgIpc) is 3.86. The first-order valence-electron chi connectivity index (χ1n) is 17.0. The van der Waals surface area contributed by atoms with Gasteiger partial charge >= 0.3 is 0 Å². The molecule has 10 aromatic rings. The summed E-state index contributed by atoms with van der Waals surface area (Å²) in [5, 5.41) is 3.13. The predicted molar refractivity (Wildman–Crippen MR) is 216 cm³/mol. The van der Waals surface area contributed by atoms with Gasteiger partial charge in [0.05, 0.1) is 37.3 Å². The summed E-state index contributed by atoms with van der Waals surface area (Å²) in [7, 11) is 0. The molecule has 0 aliphatic carbocycles. The predicted octanol–water partition coefficient (Wildman–Crippen LogP) is 12.2. The first kappa shape index (κ1) is 30.4. The Balaban J connectivity index is 1.02. The molecule has 4 heterocycles. The highest BCUT2D eigenvalue weighted by Gasteiger charge is 2.14. The van der Waals surface area contributed by atoms with Gasteiger partial charge in [-0.3, -0.25) is 4.98 Å². The number of aromatic nitrogens is 5. The van der Waals surface area contributed by atoms with Crippen molar-refractivity contribution in [2.75, 3.05) is 0 Å². The molecular weight excluding hydrogens is 675 g/mol. The highest BCUT2D eigenvalue weighted by atomic mass is 32.1. The highest BCUT2D eigenvalue weighted by molar-refractivity contribution is 7.22. The van der Waals surface area contributed by atoms with E-state index in [4.69, 9.17) is 19.9 Å². The van der Waals surface area contributed by atoms with Crippen LogP contribution >= 0.6 is 22.7 Å². The maximum absolute atomic E-state index is 5.12. The fourth-order valence-electron chi connectivity index (χ4n) is 6.47. The highest BCUT2D eigenvalue weighted by Crippen LogP contribution is 2.35. The number of hydrogen-bond acceptors (Lipinski definition) is 7. The van der Waals surface area contributed by atoms with E-state index in [1.165, 1.54) is 9.40 Å². The summed E-state index contributed by atoms with van der Waals surface area (Å²) in [5.41, 5.74) is 12.1. The molecule has 0 N–H and O–H groups in total. The molecule has 0 radical (unpaired) electrons. The molecule has 0 bridgehead atoms. The Morgan fingerprint density at radius 3 is 1.37 bits per heavy atom. The molecule has 0 spiro atoms. The lowest BCUT2D eigenvalue weighted by molar-refractivity contribution is 1.18. The average molecular weight is 702 g/mol. The molecule has 6 aromatic carbocycles. The van der Waals surface area contributed by atoms with E-state index in [1.807, 2.05) is 36.5 Å². The van der Waals surface area contributed by atoms with Gasteiger partial charge in [0, 0.05) is 45.0 Å². The fraction of sp³-hybridized carbons (Fsp3) is 0. The van der Waals surface area contributed by atoms with Gasteiger partial charge in [0.1, 0.15) is 10.0 Å². The van der Waals surface area contributed by atoms with Crippen LogP contribution < -0.4 is 0 Å². The summed E-state index contributed by atoms with van der Waals surface area (Å²) in [4.78, 5) is 24.6. The molecule has 0 unspecified atom stereocenters. The Morgan fingerprint density at radius 2 is 0.808 bits per heavy atom. The summed E-state index contributed by atoms with van der Waals surface area (Å²) in [6.45, 7) is 0. The van der Waals surface area contributed by atoms with Crippen molar-refractivity contribution in [1.82, 2.24) is 24.9 Å². The minimum atomic E-state index is 0.668. The van der Waals surface area contributed by atoms with Crippen molar-refractivity contribution < 1.29 is 0 Å². The van der Waals surface area contributed by atoms with E-state index >= 15 is 0 Å². The van der Waals surface area contributed by atoms with E-state index in [-0.39, 0.29) is 0 Å². The number of pyridine rings is 1. The van der Waals surface area contributed by atoms with Gasteiger partial charge in [-0.2, -0.15) is 0 Å². The Hall–Kier alpha value is -6.41. The zero-order chi connectivity index (χ0) is 34.4. The molecule has 5 nitrogen and oxygen atoms in total. The normalized spacial score (nSPS) is 11.5. The van der Waals surface area contributed by atoms with Gasteiger partial charge in [-0.05, 0) is 48.0 Å². The van der Waals surface area contributed by atoms with Crippen LogP contribution in [0.1, 0.15) is 0 Å². The second-order valence-corrected chi connectivity index (χ2v) is 14.6. The Labute approximate surface area is 307 Å². The fourth-order valence-corrected chi connectivity index (χ4v) is 8.41. The lowest BCUT2D eigenvalue weighted by Crippen LogP contribution is -1.96. The minimum absolute atomic E-state index is 0.668. The Bertz CT molecular complexity index is 2690. The quantitative estimate of drug-likeness (QED) is 0.173. The summed E-state index contributed by atoms with van der Waals surface area (Å²) in [6, 6.07) is 54.5. The second-order valence-electron chi connectivity index (χ2n) is 12.6. The van der Waals surface area contributed by atoms with Gasteiger partial charge in [-0.1, -0.05) is 115 Å². The number of nitrogens with zero attached hydrogens (tertiary/aromatic N) is 5. The molecule has 244 valence electrons. The van der Waals surface area contributed by atoms with E-state index in [0.29, 0.717) is 5.82 Å².